The molecule has 1 aliphatic heterocycles. The van der Waals surface area contributed by atoms with Crippen LogP contribution in [0.5, 0.6) is 0 Å². The maximum Gasteiger partial charge on any atom is 0.453 e. The number of aryl methyl sites for hydroxylation is 2. The highest BCUT2D eigenvalue weighted by Gasteiger charge is 2.38. The van der Waals surface area contributed by atoms with E-state index in [9.17, 15) is 18.0 Å². The van der Waals surface area contributed by atoms with Gasteiger partial charge in [0.25, 0.3) is 5.82 Å². The van der Waals surface area contributed by atoms with E-state index in [1.165, 1.54) is 6.07 Å². The van der Waals surface area contributed by atoms with Crippen LogP contribution in [0.15, 0.2) is 30.3 Å². The van der Waals surface area contributed by atoms with Crippen molar-refractivity contribution in [2.75, 3.05) is 18.0 Å². The molecule has 1 aliphatic rings. The first-order chi connectivity index (χ1) is 15.1. The first-order valence-electron chi connectivity index (χ1n) is 10.6. The molecule has 1 atom stereocenters. The predicted octanol–water partition coefficient (Wildman–Crippen LogP) is 3.85. The third kappa shape index (κ3) is 4.39. The Hall–Kier alpha value is -3.17. The van der Waals surface area contributed by atoms with Crippen molar-refractivity contribution in [2.24, 2.45) is 5.92 Å². The number of piperidine rings is 1. The van der Waals surface area contributed by atoms with Crippen LogP contribution in [0.4, 0.5) is 19.0 Å². The number of amides is 1. The van der Waals surface area contributed by atoms with Crippen molar-refractivity contribution in [2.45, 2.75) is 45.8 Å². The number of alkyl halides is 3. The summed E-state index contributed by atoms with van der Waals surface area (Å²) in [6.45, 7) is 7.08. The smallest absolute Gasteiger partial charge is 0.355 e. The molecular formula is C22H25F3N6O. The zero-order valence-corrected chi connectivity index (χ0v) is 18.1. The second kappa shape index (κ2) is 8.40. The highest BCUT2D eigenvalue weighted by molar-refractivity contribution is 5.79. The first kappa shape index (κ1) is 22.0. The molecule has 0 radical (unpaired) electrons. The fraction of sp³-hybridized carbons (Fsp3) is 0.455. The summed E-state index contributed by atoms with van der Waals surface area (Å²) in [5.74, 6) is -0.891. The standard InChI is InChI=1S/C22H25F3N6O/c1-13-4-5-14(2)17(12-13)15(3)26-20(32)16-8-10-30(11-9-16)19-7-6-18-27-28-21(22(23,24)25)31(18)29-19/h4-7,12,15-16H,8-11H2,1-3H3,(H,26,32). The largest absolute Gasteiger partial charge is 0.453 e. The lowest BCUT2D eigenvalue weighted by molar-refractivity contribution is -0.146. The van der Waals surface area contributed by atoms with Gasteiger partial charge in [-0.15, -0.1) is 15.3 Å². The van der Waals surface area contributed by atoms with Crippen LogP contribution in [-0.4, -0.2) is 38.8 Å². The molecule has 1 N–H and O–H groups in total. The number of halogens is 3. The first-order valence-corrected chi connectivity index (χ1v) is 10.6. The van der Waals surface area contributed by atoms with Crippen LogP contribution >= 0.6 is 0 Å². The van der Waals surface area contributed by atoms with E-state index in [4.69, 9.17) is 0 Å². The van der Waals surface area contributed by atoms with Gasteiger partial charge >= 0.3 is 6.18 Å². The molecule has 3 heterocycles. The van der Waals surface area contributed by atoms with E-state index >= 15 is 0 Å². The van der Waals surface area contributed by atoms with Crippen LogP contribution < -0.4 is 10.2 Å². The molecule has 10 heteroatoms. The normalized spacial score (nSPS) is 16.4. The summed E-state index contributed by atoms with van der Waals surface area (Å²) in [5, 5.41) is 13.9. The van der Waals surface area contributed by atoms with Crippen molar-refractivity contribution < 1.29 is 18.0 Å². The molecule has 0 spiro atoms. The van der Waals surface area contributed by atoms with Gasteiger partial charge in [-0.2, -0.15) is 17.7 Å². The maximum atomic E-state index is 13.1. The molecule has 32 heavy (non-hydrogen) atoms. The third-order valence-corrected chi connectivity index (χ3v) is 5.95. The second-order valence-electron chi connectivity index (χ2n) is 8.33. The summed E-state index contributed by atoms with van der Waals surface area (Å²) in [7, 11) is 0. The van der Waals surface area contributed by atoms with E-state index in [0.717, 1.165) is 21.2 Å². The Balaban J connectivity index is 1.40. The summed E-state index contributed by atoms with van der Waals surface area (Å²) < 4.78 is 40.1. The maximum absolute atomic E-state index is 13.1. The zero-order valence-electron chi connectivity index (χ0n) is 18.1. The number of nitrogens with zero attached hydrogens (tertiary/aromatic N) is 5. The molecule has 0 saturated carbocycles. The Morgan fingerprint density at radius 2 is 1.84 bits per heavy atom. The molecule has 1 fully saturated rings. The molecule has 0 aliphatic carbocycles. The highest BCUT2D eigenvalue weighted by Crippen LogP contribution is 2.29. The number of aromatic nitrogens is 4. The van der Waals surface area contributed by atoms with Crippen LogP contribution in [0.25, 0.3) is 5.65 Å². The lowest BCUT2D eigenvalue weighted by Gasteiger charge is -2.32. The fourth-order valence-corrected chi connectivity index (χ4v) is 4.13. The van der Waals surface area contributed by atoms with Gasteiger partial charge in [-0.3, -0.25) is 4.79 Å². The van der Waals surface area contributed by atoms with E-state index in [1.807, 2.05) is 31.7 Å². The van der Waals surface area contributed by atoms with Crippen molar-refractivity contribution in [1.82, 2.24) is 25.1 Å². The second-order valence-corrected chi connectivity index (χ2v) is 8.33. The molecular weight excluding hydrogens is 421 g/mol. The van der Waals surface area contributed by atoms with Gasteiger partial charge in [0.2, 0.25) is 5.91 Å². The van der Waals surface area contributed by atoms with Crippen LogP contribution in [0, 0.1) is 19.8 Å². The average molecular weight is 446 g/mol. The number of carbonyl (C=O) groups is 1. The minimum absolute atomic E-state index is 0.000338. The summed E-state index contributed by atoms with van der Waals surface area (Å²) >= 11 is 0. The van der Waals surface area contributed by atoms with Crippen molar-refractivity contribution >= 4 is 17.4 Å². The topological polar surface area (TPSA) is 75.4 Å². The third-order valence-electron chi connectivity index (χ3n) is 5.95. The number of hydrogen-bond donors (Lipinski definition) is 1. The predicted molar refractivity (Wildman–Crippen MR) is 113 cm³/mol. The molecule has 2 aromatic heterocycles. The molecule has 7 nitrogen and oxygen atoms in total. The van der Waals surface area contributed by atoms with Gasteiger partial charge in [-0.05, 0) is 56.9 Å². The molecule has 170 valence electrons. The van der Waals surface area contributed by atoms with Gasteiger partial charge in [-0.1, -0.05) is 23.8 Å². The minimum Gasteiger partial charge on any atom is -0.355 e. The summed E-state index contributed by atoms with van der Waals surface area (Å²) in [6, 6.07) is 9.19. The Labute approximate surface area is 183 Å². The highest BCUT2D eigenvalue weighted by atomic mass is 19.4. The molecule has 4 rings (SSSR count). The Bertz CT molecular complexity index is 1130. The molecule has 1 aromatic carbocycles. The van der Waals surface area contributed by atoms with Crippen molar-refractivity contribution in [1.29, 1.82) is 0 Å². The molecule has 1 amide bonds. The van der Waals surface area contributed by atoms with Gasteiger partial charge in [-0.25, -0.2) is 0 Å². The number of benzene rings is 1. The van der Waals surface area contributed by atoms with E-state index in [0.29, 0.717) is 31.7 Å². The number of hydrogen-bond acceptors (Lipinski definition) is 5. The van der Waals surface area contributed by atoms with Crippen LogP contribution in [0.3, 0.4) is 0 Å². The quantitative estimate of drug-likeness (QED) is 0.659. The number of nitrogens with one attached hydrogen (secondary N) is 1. The summed E-state index contributed by atoms with van der Waals surface area (Å²) in [4.78, 5) is 14.7. The monoisotopic (exact) mass is 446 g/mol. The Kier molecular flexibility index (Phi) is 5.79. The SMILES string of the molecule is Cc1ccc(C)c(C(C)NC(=O)C2CCN(c3ccc4nnc(C(F)(F)F)n4n3)CC2)c1. The van der Waals surface area contributed by atoms with Crippen LogP contribution in [0.1, 0.15) is 48.3 Å². The zero-order chi connectivity index (χ0) is 23.0. The summed E-state index contributed by atoms with van der Waals surface area (Å²) in [6.07, 6.45) is -3.44. The minimum atomic E-state index is -4.64. The fourth-order valence-electron chi connectivity index (χ4n) is 4.13. The van der Waals surface area contributed by atoms with Crippen molar-refractivity contribution in [3.05, 3.63) is 52.8 Å². The molecule has 1 unspecified atom stereocenters. The van der Waals surface area contributed by atoms with E-state index in [-0.39, 0.29) is 23.5 Å². The molecule has 0 bridgehead atoms. The number of rotatable bonds is 4. The van der Waals surface area contributed by atoms with Gasteiger partial charge in [0.1, 0.15) is 5.82 Å². The van der Waals surface area contributed by atoms with E-state index in [2.05, 4.69) is 32.7 Å². The Morgan fingerprint density at radius 3 is 2.53 bits per heavy atom. The van der Waals surface area contributed by atoms with Crippen LogP contribution in [-0.2, 0) is 11.0 Å². The van der Waals surface area contributed by atoms with Gasteiger partial charge in [0.05, 0.1) is 6.04 Å². The number of anilines is 1. The average Bonchev–Trinajstić information content (AvgIpc) is 3.19. The summed E-state index contributed by atoms with van der Waals surface area (Å²) in [5.41, 5.74) is 3.41. The van der Waals surface area contributed by atoms with Gasteiger partial charge in [0, 0.05) is 19.0 Å². The van der Waals surface area contributed by atoms with Gasteiger partial charge in [0.15, 0.2) is 5.65 Å². The van der Waals surface area contributed by atoms with Crippen molar-refractivity contribution in [3.8, 4) is 0 Å². The van der Waals surface area contributed by atoms with Crippen LogP contribution in [0.2, 0.25) is 0 Å². The van der Waals surface area contributed by atoms with E-state index < -0.39 is 12.0 Å². The Morgan fingerprint density at radius 1 is 1.12 bits per heavy atom. The molecule has 1 saturated heterocycles. The van der Waals surface area contributed by atoms with Crippen molar-refractivity contribution in [3.63, 3.8) is 0 Å². The number of fused-ring (bicyclic) bond motifs is 1. The molecule has 3 aromatic rings. The number of carbonyl (C=O) groups excluding carboxylic acids is 1. The lowest BCUT2D eigenvalue weighted by Crippen LogP contribution is -2.41. The lowest BCUT2D eigenvalue weighted by atomic mass is 9.94. The van der Waals surface area contributed by atoms with E-state index in [1.54, 1.807) is 6.07 Å². The van der Waals surface area contributed by atoms with Gasteiger partial charge < -0.3 is 10.2 Å².